The van der Waals surface area contributed by atoms with Crippen molar-refractivity contribution in [1.29, 1.82) is 5.26 Å². The zero-order chi connectivity index (χ0) is 14.2. The molecule has 0 spiro atoms. The highest BCUT2D eigenvalue weighted by molar-refractivity contribution is 6.44. The summed E-state index contributed by atoms with van der Waals surface area (Å²) in [5.41, 5.74) is 0.275. The Kier molecular flexibility index (Phi) is 7.58. The number of nitrogens with zero attached hydrogens (tertiary/aromatic N) is 1. The Hall–Kier alpha value is -0.525. The van der Waals surface area contributed by atoms with Crippen molar-refractivity contribution >= 4 is 7.12 Å². The maximum atomic E-state index is 8.57. The Morgan fingerprint density at radius 3 is 1.72 bits per heavy atom. The average Bonchev–Trinajstić information content (AvgIpc) is 2.19. The van der Waals surface area contributed by atoms with Crippen molar-refractivity contribution in [3.63, 3.8) is 0 Å². The van der Waals surface area contributed by atoms with E-state index < -0.39 is 0 Å². The smallest absolute Gasteiger partial charge is 0.411 e. The van der Waals surface area contributed by atoms with Gasteiger partial charge in [0, 0.05) is 19.6 Å². The predicted molar refractivity (Wildman–Crippen MR) is 76.2 cm³/mol. The molecule has 0 N–H and O–H groups in total. The van der Waals surface area contributed by atoms with Crippen LogP contribution in [0.25, 0.3) is 0 Å². The monoisotopic (exact) mass is 253 g/mol. The highest BCUT2D eigenvalue weighted by Gasteiger charge is 2.23. The van der Waals surface area contributed by atoms with Gasteiger partial charge in [0.1, 0.15) is 0 Å². The molecule has 0 heterocycles. The lowest BCUT2D eigenvalue weighted by Gasteiger charge is -2.25. The molecule has 0 bridgehead atoms. The van der Waals surface area contributed by atoms with Crippen LogP contribution in [0.2, 0.25) is 6.32 Å². The van der Waals surface area contributed by atoms with E-state index in [-0.39, 0.29) is 17.9 Å². The molecule has 104 valence electrons. The Morgan fingerprint density at radius 1 is 0.944 bits per heavy atom. The summed E-state index contributed by atoms with van der Waals surface area (Å²) in [7, 11) is -0.184. The molecule has 0 radical (unpaired) electrons. The number of unbranched alkanes of at least 4 members (excludes halogenated alkanes) is 1. The summed E-state index contributed by atoms with van der Waals surface area (Å²) in [6.45, 7) is 14.2. The summed E-state index contributed by atoms with van der Waals surface area (Å²) < 4.78 is 11.6. The van der Waals surface area contributed by atoms with Crippen molar-refractivity contribution in [2.45, 2.75) is 60.7 Å². The summed E-state index contributed by atoms with van der Waals surface area (Å²) in [6, 6.07) is 2.16. The van der Waals surface area contributed by atoms with Crippen molar-refractivity contribution in [3.8, 4) is 6.07 Å². The first-order valence-corrected chi connectivity index (χ1v) is 6.74. The molecule has 0 aliphatic heterocycles. The molecule has 0 fully saturated rings. The van der Waals surface area contributed by atoms with E-state index in [4.69, 9.17) is 14.6 Å². The fourth-order valence-corrected chi connectivity index (χ4v) is 1.25. The third kappa shape index (κ3) is 11.9. The molecule has 0 aromatic heterocycles. The summed E-state index contributed by atoms with van der Waals surface area (Å²) in [5, 5.41) is 8.57. The van der Waals surface area contributed by atoms with Gasteiger partial charge in [0.05, 0.1) is 6.07 Å². The van der Waals surface area contributed by atoms with Crippen LogP contribution in [-0.4, -0.2) is 20.3 Å². The fraction of sp³-hybridized carbons (Fsp3) is 0.929. The van der Waals surface area contributed by atoms with E-state index in [9.17, 15) is 0 Å². The van der Waals surface area contributed by atoms with Crippen LogP contribution in [0.1, 0.15) is 54.4 Å². The van der Waals surface area contributed by atoms with Gasteiger partial charge in [0.15, 0.2) is 0 Å². The van der Waals surface area contributed by atoms with E-state index in [1.54, 1.807) is 0 Å². The topological polar surface area (TPSA) is 42.2 Å². The number of hydrogen-bond donors (Lipinski definition) is 0. The standard InChI is InChI=1S/C14H28BNO2/c1-13(2,3)11-17-15(9-7-8-10-16)18-12-14(4,5)6/h7-9,11-12H2,1-6H3. The van der Waals surface area contributed by atoms with Gasteiger partial charge in [0.2, 0.25) is 0 Å². The molecule has 0 saturated carbocycles. The Balaban J connectivity index is 4.12. The molecule has 0 aromatic carbocycles. The van der Waals surface area contributed by atoms with E-state index in [0.29, 0.717) is 19.6 Å². The maximum absolute atomic E-state index is 8.57. The first-order chi connectivity index (χ1) is 8.14. The molecule has 0 aliphatic rings. The molecular formula is C14H28BNO2. The second-order valence-electron chi connectivity index (χ2n) is 7.22. The van der Waals surface area contributed by atoms with Crippen molar-refractivity contribution in [3.05, 3.63) is 0 Å². The minimum atomic E-state index is -0.184. The zero-order valence-corrected chi connectivity index (χ0v) is 12.9. The molecule has 0 unspecified atom stereocenters. The SMILES string of the molecule is CC(C)(C)COB(CCCC#N)OCC(C)(C)C. The summed E-state index contributed by atoms with van der Waals surface area (Å²) in [5.74, 6) is 0. The summed E-state index contributed by atoms with van der Waals surface area (Å²) in [6.07, 6.45) is 2.18. The quantitative estimate of drug-likeness (QED) is 0.510. The first kappa shape index (κ1) is 17.5. The van der Waals surface area contributed by atoms with Crippen LogP contribution >= 0.6 is 0 Å². The van der Waals surface area contributed by atoms with Gasteiger partial charge in [-0.15, -0.1) is 0 Å². The highest BCUT2D eigenvalue weighted by atomic mass is 16.6. The minimum absolute atomic E-state index is 0.137. The average molecular weight is 253 g/mol. The van der Waals surface area contributed by atoms with Crippen LogP contribution in [0.3, 0.4) is 0 Å². The van der Waals surface area contributed by atoms with Gasteiger partial charge in [-0.2, -0.15) is 5.26 Å². The molecule has 0 aromatic rings. The molecule has 3 nitrogen and oxygen atoms in total. The van der Waals surface area contributed by atoms with Crippen LogP contribution in [0.5, 0.6) is 0 Å². The minimum Gasteiger partial charge on any atom is -0.411 e. The molecule has 0 amide bonds. The lowest BCUT2D eigenvalue weighted by atomic mass is 9.80. The van der Waals surface area contributed by atoms with Gasteiger partial charge in [0.25, 0.3) is 0 Å². The van der Waals surface area contributed by atoms with Crippen LogP contribution in [0.4, 0.5) is 0 Å². The third-order valence-corrected chi connectivity index (χ3v) is 2.13. The Labute approximate surface area is 113 Å². The van der Waals surface area contributed by atoms with Gasteiger partial charge in [-0.1, -0.05) is 41.5 Å². The molecule has 4 heteroatoms. The van der Waals surface area contributed by atoms with Crippen LogP contribution in [0.15, 0.2) is 0 Å². The van der Waals surface area contributed by atoms with Crippen molar-refractivity contribution in [1.82, 2.24) is 0 Å². The Morgan fingerprint density at radius 2 is 1.39 bits per heavy atom. The van der Waals surface area contributed by atoms with E-state index in [0.717, 1.165) is 12.7 Å². The molecule has 18 heavy (non-hydrogen) atoms. The Bertz CT molecular complexity index is 242. The third-order valence-electron chi connectivity index (χ3n) is 2.13. The van der Waals surface area contributed by atoms with Gasteiger partial charge in [-0.05, 0) is 23.6 Å². The molecule has 0 rings (SSSR count). The van der Waals surface area contributed by atoms with Crippen LogP contribution < -0.4 is 0 Å². The first-order valence-electron chi connectivity index (χ1n) is 6.74. The number of rotatable bonds is 7. The van der Waals surface area contributed by atoms with Gasteiger partial charge in [-0.25, -0.2) is 0 Å². The van der Waals surface area contributed by atoms with E-state index in [2.05, 4.69) is 47.6 Å². The van der Waals surface area contributed by atoms with Crippen molar-refractivity contribution in [2.75, 3.05) is 13.2 Å². The van der Waals surface area contributed by atoms with Crippen molar-refractivity contribution < 1.29 is 9.31 Å². The maximum Gasteiger partial charge on any atom is 0.456 e. The lowest BCUT2D eigenvalue weighted by molar-refractivity contribution is 0.112. The van der Waals surface area contributed by atoms with Gasteiger partial charge in [-0.3, -0.25) is 0 Å². The second kappa shape index (κ2) is 7.81. The molecule has 0 aliphatic carbocycles. The van der Waals surface area contributed by atoms with Gasteiger partial charge < -0.3 is 9.31 Å². The highest BCUT2D eigenvalue weighted by Crippen LogP contribution is 2.18. The number of hydrogen-bond acceptors (Lipinski definition) is 3. The zero-order valence-electron chi connectivity index (χ0n) is 12.9. The fourth-order valence-electron chi connectivity index (χ4n) is 1.25. The molecule has 0 atom stereocenters. The normalized spacial score (nSPS) is 12.3. The van der Waals surface area contributed by atoms with Gasteiger partial charge >= 0.3 is 7.12 Å². The second-order valence-corrected chi connectivity index (χ2v) is 7.22. The molecule has 0 saturated heterocycles. The van der Waals surface area contributed by atoms with E-state index in [1.807, 2.05) is 0 Å². The van der Waals surface area contributed by atoms with Crippen molar-refractivity contribution in [2.24, 2.45) is 10.8 Å². The largest absolute Gasteiger partial charge is 0.456 e. The van der Waals surface area contributed by atoms with E-state index >= 15 is 0 Å². The molecular weight excluding hydrogens is 225 g/mol. The predicted octanol–water partition coefficient (Wildman–Crippen LogP) is 3.90. The number of nitriles is 1. The summed E-state index contributed by atoms with van der Waals surface area (Å²) >= 11 is 0. The van der Waals surface area contributed by atoms with E-state index in [1.165, 1.54) is 0 Å². The summed E-state index contributed by atoms with van der Waals surface area (Å²) in [4.78, 5) is 0. The van der Waals surface area contributed by atoms with Crippen LogP contribution in [-0.2, 0) is 9.31 Å². The van der Waals surface area contributed by atoms with Crippen LogP contribution in [0, 0.1) is 22.2 Å². The lowest BCUT2D eigenvalue weighted by Crippen LogP contribution is -2.31.